The Bertz CT molecular complexity index is 710. The molecule has 0 saturated carbocycles. The van der Waals surface area contributed by atoms with Crippen molar-refractivity contribution in [2.24, 2.45) is 0 Å². The molecule has 0 bridgehead atoms. The average Bonchev–Trinajstić information content (AvgIpc) is 2.52. The zero-order valence-corrected chi connectivity index (χ0v) is 13.0. The van der Waals surface area contributed by atoms with Gasteiger partial charge < -0.3 is 10.1 Å². The molecule has 3 heteroatoms. The van der Waals surface area contributed by atoms with Gasteiger partial charge in [0.05, 0.1) is 0 Å². The SMILES string of the molecule is C#CCOc1ccc(Br)cc1CNc1cccc(C#C)c1. The molecule has 21 heavy (non-hydrogen) atoms. The van der Waals surface area contributed by atoms with Crippen molar-refractivity contribution < 1.29 is 4.74 Å². The van der Waals surface area contributed by atoms with E-state index in [4.69, 9.17) is 17.6 Å². The fourth-order valence-corrected chi connectivity index (χ4v) is 2.27. The van der Waals surface area contributed by atoms with Gasteiger partial charge in [0.2, 0.25) is 0 Å². The van der Waals surface area contributed by atoms with Crippen molar-refractivity contribution in [3.63, 3.8) is 0 Å². The monoisotopic (exact) mass is 339 g/mol. The van der Waals surface area contributed by atoms with E-state index in [2.05, 4.69) is 33.1 Å². The molecule has 2 nitrogen and oxygen atoms in total. The van der Waals surface area contributed by atoms with Crippen molar-refractivity contribution in [2.75, 3.05) is 11.9 Å². The van der Waals surface area contributed by atoms with Gasteiger partial charge in [0, 0.05) is 27.8 Å². The second kappa shape index (κ2) is 7.43. The predicted molar refractivity (Wildman–Crippen MR) is 90.2 cm³/mol. The maximum atomic E-state index is 5.55. The van der Waals surface area contributed by atoms with Crippen LogP contribution in [-0.4, -0.2) is 6.61 Å². The zero-order valence-electron chi connectivity index (χ0n) is 11.4. The summed E-state index contributed by atoms with van der Waals surface area (Å²) in [5.41, 5.74) is 2.83. The molecular weight excluding hydrogens is 326 g/mol. The highest BCUT2D eigenvalue weighted by Gasteiger charge is 2.05. The van der Waals surface area contributed by atoms with Crippen molar-refractivity contribution in [1.82, 2.24) is 0 Å². The number of anilines is 1. The Morgan fingerprint density at radius 1 is 1.14 bits per heavy atom. The van der Waals surface area contributed by atoms with Gasteiger partial charge in [-0.3, -0.25) is 0 Å². The maximum Gasteiger partial charge on any atom is 0.148 e. The van der Waals surface area contributed by atoms with Crippen LogP contribution in [0.25, 0.3) is 0 Å². The van der Waals surface area contributed by atoms with Gasteiger partial charge in [0.1, 0.15) is 12.4 Å². The molecule has 0 aliphatic carbocycles. The van der Waals surface area contributed by atoms with Crippen LogP contribution in [0.4, 0.5) is 5.69 Å². The molecule has 0 amide bonds. The lowest BCUT2D eigenvalue weighted by Crippen LogP contribution is -2.04. The predicted octanol–water partition coefficient (Wildman–Crippen LogP) is 4.05. The number of hydrogen-bond acceptors (Lipinski definition) is 2. The molecule has 0 fully saturated rings. The van der Waals surface area contributed by atoms with Crippen LogP contribution >= 0.6 is 15.9 Å². The van der Waals surface area contributed by atoms with Crippen molar-refractivity contribution in [3.8, 4) is 30.4 Å². The minimum absolute atomic E-state index is 0.251. The third-order valence-corrected chi connectivity index (χ3v) is 3.34. The van der Waals surface area contributed by atoms with Crippen molar-refractivity contribution >= 4 is 21.6 Å². The first kappa shape index (κ1) is 15.0. The summed E-state index contributed by atoms with van der Waals surface area (Å²) in [6.45, 7) is 0.870. The number of nitrogens with one attached hydrogen (secondary N) is 1. The first-order valence-corrected chi connectivity index (χ1v) is 7.17. The fourth-order valence-electron chi connectivity index (χ4n) is 1.86. The van der Waals surface area contributed by atoms with Crippen LogP contribution in [0.2, 0.25) is 0 Å². The quantitative estimate of drug-likeness (QED) is 0.829. The first-order chi connectivity index (χ1) is 10.2. The molecule has 0 aliphatic heterocycles. The fraction of sp³-hybridized carbons (Fsp3) is 0.111. The molecule has 0 aromatic heterocycles. The highest BCUT2D eigenvalue weighted by atomic mass is 79.9. The molecule has 2 aromatic rings. The second-order valence-corrected chi connectivity index (χ2v) is 5.24. The summed E-state index contributed by atoms with van der Waals surface area (Å²) in [4.78, 5) is 0. The average molecular weight is 340 g/mol. The van der Waals surface area contributed by atoms with Crippen molar-refractivity contribution in [3.05, 3.63) is 58.1 Å². The lowest BCUT2D eigenvalue weighted by Gasteiger charge is -2.12. The summed E-state index contributed by atoms with van der Waals surface area (Å²) in [6.07, 6.45) is 10.6. The van der Waals surface area contributed by atoms with Crippen LogP contribution in [0.15, 0.2) is 46.9 Å². The first-order valence-electron chi connectivity index (χ1n) is 6.38. The molecule has 0 spiro atoms. The third kappa shape index (κ3) is 4.31. The van der Waals surface area contributed by atoms with Crippen LogP contribution in [-0.2, 0) is 6.54 Å². The van der Waals surface area contributed by atoms with E-state index in [0.29, 0.717) is 6.54 Å². The standard InChI is InChI=1S/C18H14BrNO/c1-3-10-21-18-9-8-16(19)12-15(18)13-20-17-7-5-6-14(4-2)11-17/h1-2,5-9,11-12,20H,10,13H2. The molecule has 0 atom stereocenters. The van der Waals surface area contributed by atoms with E-state index in [9.17, 15) is 0 Å². The Balaban J connectivity index is 2.13. The van der Waals surface area contributed by atoms with Crippen LogP contribution in [0.3, 0.4) is 0 Å². The van der Waals surface area contributed by atoms with Crippen LogP contribution in [0.1, 0.15) is 11.1 Å². The van der Waals surface area contributed by atoms with Gasteiger partial charge in [-0.2, -0.15) is 0 Å². The summed E-state index contributed by atoms with van der Waals surface area (Å²) < 4.78 is 6.54. The highest BCUT2D eigenvalue weighted by molar-refractivity contribution is 9.10. The van der Waals surface area contributed by atoms with E-state index in [1.165, 1.54) is 0 Å². The Kier molecular flexibility index (Phi) is 5.32. The second-order valence-electron chi connectivity index (χ2n) is 4.32. The van der Waals surface area contributed by atoms with Gasteiger partial charge >= 0.3 is 0 Å². The van der Waals surface area contributed by atoms with Gasteiger partial charge in [-0.15, -0.1) is 12.8 Å². The minimum atomic E-state index is 0.251. The van der Waals surface area contributed by atoms with E-state index in [1.807, 2.05) is 42.5 Å². The van der Waals surface area contributed by atoms with Gasteiger partial charge in [-0.1, -0.05) is 33.8 Å². The zero-order chi connectivity index (χ0) is 15.1. The molecule has 2 aromatic carbocycles. The number of ether oxygens (including phenoxy) is 1. The Labute approximate surface area is 133 Å². The highest BCUT2D eigenvalue weighted by Crippen LogP contribution is 2.24. The molecule has 0 saturated heterocycles. The summed E-state index contributed by atoms with van der Waals surface area (Å²) >= 11 is 3.46. The van der Waals surface area contributed by atoms with Gasteiger partial charge in [0.25, 0.3) is 0 Å². The number of benzene rings is 2. The third-order valence-electron chi connectivity index (χ3n) is 2.85. The molecule has 0 unspecified atom stereocenters. The number of terminal acetylenes is 2. The molecule has 1 N–H and O–H groups in total. The van der Waals surface area contributed by atoms with E-state index >= 15 is 0 Å². The summed E-state index contributed by atoms with van der Waals surface area (Å²) in [5, 5.41) is 3.33. The van der Waals surface area contributed by atoms with Crippen LogP contribution < -0.4 is 10.1 Å². The molecule has 104 valence electrons. The van der Waals surface area contributed by atoms with E-state index < -0.39 is 0 Å². The summed E-state index contributed by atoms with van der Waals surface area (Å²) in [7, 11) is 0. The lowest BCUT2D eigenvalue weighted by atomic mass is 10.1. The lowest BCUT2D eigenvalue weighted by molar-refractivity contribution is 0.366. The number of rotatable bonds is 5. The van der Waals surface area contributed by atoms with E-state index in [-0.39, 0.29) is 6.61 Å². The van der Waals surface area contributed by atoms with Crippen LogP contribution in [0, 0.1) is 24.7 Å². The minimum Gasteiger partial charge on any atom is -0.481 e. The van der Waals surface area contributed by atoms with Crippen molar-refractivity contribution in [2.45, 2.75) is 6.54 Å². The summed E-state index contributed by atoms with van der Waals surface area (Å²) in [6, 6.07) is 13.6. The molecule has 0 radical (unpaired) electrons. The van der Waals surface area contributed by atoms with Gasteiger partial charge in [-0.05, 0) is 36.4 Å². The molecule has 0 heterocycles. The molecule has 2 rings (SSSR count). The smallest absolute Gasteiger partial charge is 0.148 e. The number of halogens is 1. The van der Waals surface area contributed by atoms with Gasteiger partial charge in [0.15, 0.2) is 0 Å². The van der Waals surface area contributed by atoms with E-state index in [1.54, 1.807) is 0 Å². The Morgan fingerprint density at radius 3 is 2.76 bits per heavy atom. The molecular formula is C18H14BrNO. The summed E-state index contributed by atoms with van der Waals surface area (Å²) in [5.74, 6) is 5.86. The van der Waals surface area contributed by atoms with Crippen molar-refractivity contribution in [1.29, 1.82) is 0 Å². The van der Waals surface area contributed by atoms with Gasteiger partial charge in [-0.25, -0.2) is 0 Å². The van der Waals surface area contributed by atoms with Crippen LogP contribution in [0.5, 0.6) is 5.75 Å². The van der Waals surface area contributed by atoms with E-state index in [0.717, 1.165) is 27.0 Å². The topological polar surface area (TPSA) is 21.3 Å². The Hall–Kier alpha value is -2.36. The largest absolute Gasteiger partial charge is 0.481 e. The Morgan fingerprint density at radius 2 is 2.00 bits per heavy atom. The maximum absolute atomic E-state index is 5.55. The number of hydrogen-bond donors (Lipinski definition) is 1. The normalized spacial score (nSPS) is 9.48. The molecule has 0 aliphatic rings.